The molecule has 2 heteroatoms. The van der Waals surface area contributed by atoms with Crippen molar-refractivity contribution in [3.63, 3.8) is 0 Å². The highest BCUT2D eigenvalue weighted by Gasteiger charge is 2.39. The first-order chi connectivity index (χ1) is 11.2. The topological polar surface area (TPSA) is 0 Å². The summed E-state index contributed by atoms with van der Waals surface area (Å²) in [5, 5.41) is 0. The van der Waals surface area contributed by atoms with Gasteiger partial charge in [0.1, 0.15) is 0 Å². The van der Waals surface area contributed by atoms with Gasteiger partial charge in [0.25, 0.3) is 6.08 Å². The van der Waals surface area contributed by atoms with Crippen molar-refractivity contribution in [1.29, 1.82) is 0 Å². The van der Waals surface area contributed by atoms with Crippen molar-refractivity contribution in [2.75, 3.05) is 0 Å². The van der Waals surface area contributed by atoms with Crippen molar-refractivity contribution in [3.8, 4) is 0 Å². The van der Waals surface area contributed by atoms with Gasteiger partial charge in [-0.05, 0) is 55.2 Å². The molecule has 0 aliphatic heterocycles. The predicted molar refractivity (Wildman–Crippen MR) is 90.6 cm³/mol. The quantitative estimate of drug-likeness (QED) is 0.610. The molecule has 0 N–H and O–H groups in total. The van der Waals surface area contributed by atoms with E-state index in [2.05, 4.69) is 12.1 Å². The molecule has 2 atom stereocenters. The van der Waals surface area contributed by atoms with Gasteiger partial charge in [-0.1, -0.05) is 54.6 Å². The molecule has 0 aromatic heterocycles. The van der Waals surface area contributed by atoms with Gasteiger partial charge in [0.2, 0.25) is 0 Å². The molecule has 1 aliphatic carbocycles. The Hall–Kier alpha value is -1.96. The molecule has 1 saturated carbocycles. The minimum Gasteiger partial charge on any atom is -0.173 e. The highest BCUT2D eigenvalue weighted by molar-refractivity contribution is 5.41. The van der Waals surface area contributed by atoms with Gasteiger partial charge in [0, 0.05) is 11.5 Å². The van der Waals surface area contributed by atoms with Crippen LogP contribution in [-0.4, -0.2) is 0 Å². The van der Waals surface area contributed by atoms with Crippen LogP contribution in [0.1, 0.15) is 41.9 Å². The number of rotatable bonds is 5. The summed E-state index contributed by atoms with van der Waals surface area (Å²) in [6, 6.07) is 18.2. The van der Waals surface area contributed by atoms with Gasteiger partial charge in [0.15, 0.2) is 0 Å². The van der Waals surface area contributed by atoms with E-state index in [4.69, 9.17) is 0 Å². The molecule has 2 aromatic carbocycles. The first kappa shape index (κ1) is 15.9. The summed E-state index contributed by atoms with van der Waals surface area (Å²) in [6.45, 7) is 2.01. The Bertz CT molecular complexity index is 684. The number of aryl methyl sites for hydroxylation is 2. The predicted octanol–water partition coefficient (Wildman–Crippen LogP) is 6.27. The van der Waals surface area contributed by atoms with E-state index in [9.17, 15) is 8.78 Å². The van der Waals surface area contributed by atoms with E-state index in [1.165, 1.54) is 5.56 Å². The Labute approximate surface area is 136 Å². The zero-order chi connectivity index (χ0) is 16.2. The van der Waals surface area contributed by atoms with Gasteiger partial charge in [-0.15, -0.1) is 0 Å². The molecule has 0 radical (unpaired) electrons. The van der Waals surface area contributed by atoms with E-state index < -0.39 is 6.08 Å². The van der Waals surface area contributed by atoms with Crippen molar-refractivity contribution in [2.45, 2.75) is 38.5 Å². The number of halogens is 2. The monoisotopic (exact) mass is 312 g/mol. The third kappa shape index (κ3) is 3.52. The number of hydrogen-bond donors (Lipinski definition) is 0. The molecule has 0 saturated heterocycles. The zero-order valence-corrected chi connectivity index (χ0v) is 13.4. The van der Waals surface area contributed by atoms with Crippen molar-refractivity contribution < 1.29 is 8.78 Å². The van der Waals surface area contributed by atoms with E-state index in [0.29, 0.717) is 5.57 Å². The maximum Gasteiger partial charge on any atom is 0.270 e. The second-order valence-corrected chi connectivity index (χ2v) is 6.44. The molecule has 23 heavy (non-hydrogen) atoms. The third-order valence-electron chi connectivity index (χ3n) is 4.98. The third-order valence-corrected chi connectivity index (χ3v) is 4.98. The summed E-state index contributed by atoms with van der Waals surface area (Å²) < 4.78 is 26.9. The summed E-state index contributed by atoms with van der Waals surface area (Å²) in [7, 11) is 0. The van der Waals surface area contributed by atoms with E-state index in [-0.39, 0.29) is 11.8 Å². The Balaban J connectivity index is 1.62. The summed E-state index contributed by atoms with van der Waals surface area (Å²) >= 11 is 0. The highest BCUT2D eigenvalue weighted by atomic mass is 19.3. The van der Waals surface area contributed by atoms with Crippen LogP contribution in [-0.2, 0) is 6.42 Å². The number of benzene rings is 2. The second kappa shape index (κ2) is 7.08. The molecule has 120 valence electrons. The molecular formula is C21H22F2. The Morgan fingerprint density at radius 2 is 1.70 bits per heavy atom. The van der Waals surface area contributed by atoms with E-state index >= 15 is 0 Å². The first-order valence-electron chi connectivity index (χ1n) is 8.31. The largest absolute Gasteiger partial charge is 0.270 e. The van der Waals surface area contributed by atoms with Crippen LogP contribution < -0.4 is 0 Å². The summed E-state index contributed by atoms with van der Waals surface area (Å²) in [4.78, 5) is 0. The molecule has 0 nitrogen and oxygen atoms in total. The van der Waals surface area contributed by atoms with Crippen LogP contribution in [0.5, 0.6) is 0 Å². The lowest BCUT2D eigenvalue weighted by atomic mass is 9.64. The molecule has 3 rings (SSSR count). The normalized spacial score (nSPS) is 20.2. The van der Waals surface area contributed by atoms with Gasteiger partial charge in [-0.3, -0.25) is 0 Å². The number of allylic oxidation sites excluding steroid dienone is 1. The number of hydrogen-bond acceptors (Lipinski definition) is 0. The molecule has 0 amide bonds. The molecule has 0 spiro atoms. The fourth-order valence-corrected chi connectivity index (χ4v) is 3.69. The smallest absolute Gasteiger partial charge is 0.173 e. The van der Waals surface area contributed by atoms with Gasteiger partial charge >= 0.3 is 0 Å². The maximum atomic E-state index is 13.4. The van der Waals surface area contributed by atoms with Gasteiger partial charge < -0.3 is 0 Å². The molecule has 0 unspecified atom stereocenters. The average molecular weight is 312 g/mol. The fraction of sp³-hybridized carbons (Fsp3) is 0.333. The minimum absolute atomic E-state index is 0.0494. The van der Waals surface area contributed by atoms with Crippen LogP contribution in [0, 0.1) is 12.8 Å². The first-order valence-corrected chi connectivity index (χ1v) is 8.31. The molecule has 2 aromatic rings. The molecular weight excluding hydrogens is 290 g/mol. The highest BCUT2D eigenvalue weighted by Crippen LogP contribution is 2.51. The van der Waals surface area contributed by atoms with E-state index in [1.54, 1.807) is 0 Å². The van der Waals surface area contributed by atoms with Crippen LogP contribution >= 0.6 is 0 Å². The van der Waals surface area contributed by atoms with Crippen LogP contribution in [0.2, 0.25) is 0 Å². The Kier molecular flexibility index (Phi) is 4.90. The van der Waals surface area contributed by atoms with Crippen LogP contribution in [0.3, 0.4) is 0 Å². The summed E-state index contributed by atoms with van der Waals surface area (Å²) in [5.74, 6) is -0.0313. The van der Waals surface area contributed by atoms with E-state index in [1.807, 2.05) is 49.4 Å². The van der Waals surface area contributed by atoms with Crippen LogP contribution in [0.15, 0.2) is 66.3 Å². The lowest BCUT2D eigenvalue weighted by Gasteiger charge is -2.39. The van der Waals surface area contributed by atoms with Crippen LogP contribution in [0.4, 0.5) is 8.78 Å². The van der Waals surface area contributed by atoms with E-state index in [0.717, 1.165) is 36.8 Å². The standard InChI is InChI=1S/C21H22F2/c1-15-8-5-6-13-18(15)19-14-17(20(19)21(22)23)12-7-11-16-9-3-2-4-10-16/h2-6,8-10,13,17,19H,7,11-12,14H2,1H3/t17-,19+/m0/s1. The molecule has 0 heterocycles. The zero-order valence-electron chi connectivity index (χ0n) is 13.4. The van der Waals surface area contributed by atoms with Gasteiger partial charge in [-0.2, -0.15) is 8.78 Å². The minimum atomic E-state index is -1.46. The maximum absolute atomic E-state index is 13.4. The van der Waals surface area contributed by atoms with Gasteiger partial charge in [0.05, 0.1) is 0 Å². The fourth-order valence-electron chi connectivity index (χ4n) is 3.69. The van der Waals surface area contributed by atoms with Crippen molar-refractivity contribution in [2.24, 2.45) is 5.92 Å². The SMILES string of the molecule is Cc1ccccc1[C@H]1C[C@H](CCCc2ccccc2)C1=C(F)F. The molecule has 1 fully saturated rings. The van der Waals surface area contributed by atoms with Crippen LogP contribution in [0.25, 0.3) is 0 Å². The Morgan fingerprint density at radius 3 is 2.39 bits per heavy atom. The van der Waals surface area contributed by atoms with Crippen molar-refractivity contribution >= 4 is 0 Å². The lowest BCUT2D eigenvalue weighted by Crippen LogP contribution is -2.27. The lowest BCUT2D eigenvalue weighted by molar-refractivity contribution is 0.298. The summed E-state index contributed by atoms with van der Waals surface area (Å²) in [6.07, 6.45) is 2.17. The second-order valence-electron chi connectivity index (χ2n) is 6.44. The van der Waals surface area contributed by atoms with Crippen molar-refractivity contribution in [3.05, 3.63) is 82.9 Å². The summed E-state index contributed by atoms with van der Waals surface area (Å²) in [5.41, 5.74) is 3.84. The molecule has 0 bridgehead atoms. The Morgan fingerprint density at radius 1 is 1.00 bits per heavy atom. The van der Waals surface area contributed by atoms with Gasteiger partial charge in [-0.25, -0.2) is 0 Å². The average Bonchev–Trinajstić information content (AvgIpc) is 2.52. The van der Waals surface area contributed by atoms with Crippen molar-refractivity contribution in [1.82, 2.24) is 0 Å². The molecule has 1 aliphatic rings.